The lowest BCUT2D eigenvalue weighted by molar-refractivity contribution is -0.130. The summed E-state index contributed by atoms with van der Waals surface area (Å²) >= 11 is 0. The lowest BCUT2D eigenvalue weighted by Gasteiger charge is -2.37. The summed E-state index contributed by atoms with van der Waals surface area (Å²) in [6.07, 6.45) is 2.81. The highest BCUT2D eigenvalue weighted by Crippen LogP contribution is 2.27. The maximum atomic E-state index is 11.9. The average Bonchev–Trinajstić information content (AvgIpc) is 2.80. The normalized spacial score (nSPS) is 18.9. The Morgan fingerprint density at radius 2 is 1.76 bits per heavy atom. The van der Waals surface area contributed by atoms with E-state index < -0.39 is 18.1 Å². The third kappa shape index (κ3) is 5.35. The van der Waals surface area contributed by atoms with Gasteiger partial charge in [-0.2, -0.15) is 0 Å². The Morgan fingerprint density at radius 1 is 1.00 bits per heavy atom. The number of aliphatic hydroxyl groups is 1. The van der Waals surface area contributed by atoms with Crippen LogP contribution in [0.15, 0.2) is 66.7 Å². The molecule has 0 spiro atoms. The number of likely N-dealkylation sites (tertiary alicyclic amines) is 1. The first-order valence-corrected chi connectivity index (χ1v) is 11.9. The van der Waals surface area contributed by atoms with Crippen LogP contribution in [-0.4, -0.2) is 34.6 Å². The van der Waals surface area contributed by atoms with Gasteiger partial charge in [-0.3, -0.25) is 9.69 Å². The highest BCUT2D eigenvalue weighted by atomic mass is 16.3. The number of aliphatic hydroxyl groups excluding tert-OH is 1. The molecule has 0 aliphatic carbocycles. The minimum atomic E-state index is -0.675. The molecule has 33 heavy (non-hydrogen) atoms. The van der Waals surface area contributed by atoms with E-state index in [2.05, 4.69) is 80.6 Å². The molecule has 1 aliphatic rings. The lowest BCUT2D eigenvalue weighted by Crippen LogP contribution is -2.54. The monoisotopic (exact) mass is 442 g/mol. The molecule has 3 aromatic rings. The Labute approximate surface area is 197 Å². The summed E-state index contributed by atoms with van der Waals surface area (Å²) in [5.74, 6) is -0.441. The van der Waals surface area contributed by atoms with E-state index in [4.69, 9.17) is 5.73 Å². The number of rotatable bonds is 7. The smallest absolute Gasteiger partial charge is 0.237 e. The Kier molecular flexibility index (Phi) is 7.26. The zero-order valence-corrected chi connectivity index (χ0v) is 19.6. The first kappa shape index (κ1) is 23.2. The molecule has 2 atom stereocenters. The van der Waals surface area contributed by atoms with Crippen molar-refractivity contribution in [3.63, 3.8) is 0 Å². The van der Waals surface area contributed by atoms with Gasteiger partial charge in [-0.15, -0.1) is 0 Å². The van der Waals surface area contributed by atoms with Crippen molar-refractivity contribution in [1.82, 2.24) is 4.90 Å². The van der Waals surface area contributed by atoms with Crippen LogP contribution in [0.2, 0.25) is 0 Å². The van der Waals surface area contributed by atoms with E-state index in [9.17, 15) is 9.90 Å². The molecule has 0 bridgehead atoms. The third-order valence-corrected chi connectivity index (χ3v) is 6.98. The first-order chi connectivity index (χ1) is 15.9. The maximum absolute atomic E-state index is 11.9. The number of hydrogen-bond acceptors (Lipinski definition) is 3. The largest absolute Gasteiger partial charge is 0.391 e. The summed E-state index contributed by atoms with van der Waals surface area (Å²) in [6.45, 7) is 5.78. The van der Waals surface area contributed by atoms with E-state index in [0.29, 0.717) is 13.0 Å². The zero-order valence-electron chi connectivity index (χ0n) is 19.6. The molecule has 1 saturated heterocycles. The van der Waals surface area contributed by atoms with Crippen LogP contribution in [0.25, 0.3) is 11.1 Å². The third-order valence-electron chi connectivity index (χ3n) is 6.98. The number of nitrogens with zero attached hydrogens (tertiary/aromatic N) is 1. The van der Waals surface area contributed by atoms with Gasteiger partial charge in [-0.1, -0.05) is 66.7 Å². The number of nitrogens with two attached hydrogens (primary N) is 1. The van der Waals surface area contributed by atoms with Gasteiger partial charge in [-0.05, 0) is 85.0 Å². The van der Waals surface area contributed by atoms with Gasteiger partial charge in [0.25, 0.3) is 0 Å². The standard InChI is InChI=1S/C29H34N2O2/c1-20-18-22(19-31-17-7-12-27(32)28(31)29(30)33)13-14-23(20)15-16-24-10-6-11-26(21(24)2)25-8-4-3-5-9-25/h3-6,8-11,13-14,18,27-28,32H,7,12,15-17,19H2,1-2H3,(H2,30,33)/t27-,28+/m0/s1. The Hall–Kier alpha value is -2.95. The molecule has 4 heteroatoms. The van der Waals surface area contributed by atoms with E-state index in [1.165, 1.54) is 33.4 Å². The predicted octanol–water partition coefficient (Wildman–Crippen LogP) is 4.57. The minimum Gasteiger partial charge on any atom is -0.391 e. The van der Waals surface area contributed by atoms with Crippen molar-refractivity contribution in [2.75, 3.05) is 6.54 Å². The molecule has 1 aliphatic heterocycles. The van der Waals surface area contributed by atoms with Crippen LogP contribution in [0, 0.1) is 13.8 Å². The second-order valence-electron chi connectivity index (χ2n) is 9.24. The van der Waals surface area contributed by atoms with Gasteiger partial charge in [0, 0.05) is 6.54 Å². The van der Waals surface area contributed by atoms with Crippen LogP contribution in [0.5, 0.6) is 0 Å². The van der Waals surface area contributed by atoms with Crippen molar-refractivity contribution in [2.45, 2.75) is 58.2 Å². The Balaban J connectivity index is 1.45. The average molecular weight is 443 g/mol. The maximum Gasteiger partial charge on any atom is 0.237 e. The van der Waals surface area contributed by atoms with E-state index in [1.54, 1.807) is 0 Å². The van der Waals surface area contributed by atoms with Crippen molar-refractivity contribution in [2.24, 2.45) is 5.73 Å². The Morgan fingerprint density at radius 3 is 2.48 bits per heavy atom. The van der Waals surface area contributed by atoms with Crippen molar-refractivity contribution in [3.8, 4) is 11.1 Å². The molecule has 3 N–H and O–H groups in total. The molecule has 1 fully saturated rings. The lowest BCUT2D eigenvalue weighted by atomic mass is 9.92. The van der Waals surface area contributed by atoms with E-state index in [1.807, 2.05) is 4.90 Å². The quantitative estimate of drug-likeness (QED) is 0.563. The topological polar surface area (TPSA) is 66.6 Å². The molecule has 1 amide bonds. The molecule has 0 aromatic heterocycles. The molecule has 0 unspecified atom stereocenters. The number of benzene rings is 3. The number of carbonyl (C=O) groups excluding carboxylic acids is 1. The Bertz CT molecular complexity index is 1110. The number of amides is 1. The molecule has 3 aromatic carbocycles. The molecule has 0 radical (unpaired) electrons. The second kappa shape index (κ2) is 10.3. The van der Waals surface area contributed by atoms with E-state index in [0.717, 1.165) is 31.4 Å². The van der Waals surface area contributed by atoms with Gasteiger partial charge in [0.1, 0.15) is 6.04 Å². The van der Waals surface area contributed by atoms with Crippen molar-refractivity contribution in [3.05, 3.63) is 94.5 Å². The fourth-order valence-corrected chi connectivity index (χ4v) is 5.12. The van der Waals surface area contributed by atoms with Crippen molar-refractivity contribution < 1.29 is 9.90 Å². The highest BCUT2D eigenvalue weighted by molar-refractivity contribution is 5.80. The first-order valence-electron chi connectivity index (χ1n) is 11.9. The highest BCUT2D eigenvalue weighted by Gasteiger charge is 2.34. The fraction of sp³-hybridized carbons (Fsp3) is 0.345. The minimum absolute atomic E-state index is 0.441. The summed E-state index contributed by atoms with van der Waals surface area (Å²) < 4.78 is 0. The SMILES string of the molecule is Cc1cc(CN2CCC[C@H](O)[C@@H]2C(N)=O)ccc1CCc1cccc(-c2ccccc2)c1C. The molecular weight excluding hydrogens is 408 g/mol. The van der Waals surface area contributed by atoms with E-state index >= 15 is 0 Å². The van der Waals surface area contributed by atoms with Gasteiger partial charge in [-0.25, -0.2) is 0 Å². The number of aryl methyl sites for hydroxylation is 3. The van der Waals surface area contributed by atoms with E-state index in [-0.39, 0.29) is 0 Å². The van der Waals surface area contributed by atoms with Crippen molar-refractivity contribution >= 4 is 5.91 Å². The summed E-state index contributed by atoms with van der Waals surface area (Å²) in [4.78, 5) is 13.9. The summed E-state index contributed by atoms with van der Waals surface area (Å²) in [5.41, 5.74) is 14.6. The van der Waals surface area contributed by atoms with Gasteiger partial charge in [0.2, 0.25) is 5.91 Å². The molecule has 0 saturated carbocycles. The zero-order chi connectivity index (χ0) is 23.4. The number of piperidine rings is 1. The summed E-state index contributed by atoms with van der Waals surface area (Å²) in [5, 5.41) is 10.2. The van der Waals surface area contributed by atoms with Crippen LogP contribution < -0.4 is 5.73 Å². The molecule has 1 heterocycles. The number of carbonyl (C=O) groups is 1. The number of hydrogen-bond donors (Lipinski definition) is 2. The van der Waals surface area contributed by atoms with Crippen LogP contribution in [-0.2, 0) is 24.2 Å². The molecule has 4 rings (SSSR count). The van der Waals surface area contributed by atoms with Crippen LogP contribution >= 0.6 is 0 Å². The van der Waals surface area contributed by atoms with Crippen LogP contribution in [0.4, 0.5) is 0 Å². The van der Waals surface area contributed by atoms with Gasteiger partial charge < -0.3 is 10.8 Å². The van der Waals surface area contributed by atoms with Crippen LogP contribution in [0.1, 0.15) is 40.7 Å². The molecule has 172 valence electrons. The molecular formula is C29H34N2O2. The van der Waals surface area contributed by atoms with Crippen molar-refractivity contribution in [1.29, 1.82) is 0 Å². The van der Waals surface area contributed by atoms with Gasteiger partial charge >= 0.3 is 0 Å². The fourth-order valence-electron chi connectivity index (χ4n) is 5.12. The van der Waals surface area contributed by atoms with Gasteiger partial charge in [0.15, 0.2) is 0 Å². The predicted molar refractivity (Wildman–Crippen MR) is 134 cm³/mol. The van der Waals surface area contributed by atoms with Gasteiger partial charge in [0.05, 0.1) is 6.10 Å². The number of primary amides is 1. The summed E-state index contributed by atoms with van der Waals surface area (Å²) in [6, 6.07) is 23.1. The summed E-state index contributed by atoms with van der Waals surface area (Å²) in [7, 11) is 0. The van der Waals surface area contributed by atoms with Crippen LogP contribution in [0.3, 0.4) is 0 Å². The second-order valence-corrected chi connectivity index (χ2v) is 9.24. The molecule has 4 nitrogen and oxygen atoms in total.